The molecule has 1 N–H and O–H groups in total. The summed E-state index contributed by atoms with van der Waals surface area (Å²) in [5.41, 5.74) is 0.207. The summed E-state index contributed by atoms with van der Waals surface area (Å²) >= 11 is 0. The Labute approximate surface area is 129 Å². The predicted octanol–water partition coefficient (Wildman–Crippen LogP) is 2.18. The van der Waals surface area contributed by atoms with Gasteiger partial charge in [0, 0.05) is 30.8 Å². The zero-order valence-corrected chi connectivity index (χ0v) is 12.1. The van der Waals surface area contributed by atoms with Crippen molar-refractivity contribution in [2.75, 3.05) is 25.5 Å². The molecule has 10 heteroatoms. The van der Waals surface area contributed by atoms with E-state index in [1.165, 1.54) is 25.3 Å². The van der Waals surface area contributed by atoms with Crippen LogP contribution in [0.1, 0.15) is 6.42 Å². The van der Waals surface area contributed by atoms with Gasteiger partial charge in [-0.25, -0.2) is 0 Å². The fourth-order valence-corrected chi connectivity index (χ4v) is 2.39. The second-order valence-electron chi connectivity index (χ2n) is 5.08. The van der Waals surface area contributed by atoms with Crippen LogP contribution >= 0.6 is 0 Å². The van der Waals surface area contributed by atoms with Gasteiger partial charge >= 0.3 is 11.9 Å². The van der Waals surface area contributed by atoms with Crippen LogP contribution in [0.3, 0.4) is 0 Å². The molecular weight excluding hydrogens is 319 g/mol. The van der Waals surface area contributed by atoms with Gasteiger partial charge in [-0.1, -0.05) is 0 Å². The van der Waals surface area contributed by atoms with Crippen molar-refractivity contribution in [3.05, 3.63) is 28.3 Å². The normalized spacial score (nSPS) is 18.2. The molecule has 1 heterocycles. The molecule has 0 saturated carbocycles. The van der Waals surface area contributed by atoms with E-state index in [2.05, 4.69) is 5.32 Å². The van der Waals surface area contributed by atoms with Gasteiger partial charge in [-0.05, 0) is 6.07 Å². The van der Waals surface area contributed by atoms with Gasteiger partial charge in [-0.3, -0.25) is 14.9 Å². The Hall–Kier alpha value is -2.52. The standard InChI is InChI=1S/C13H14F3N3O4/c1-23-11-4-8(2-3-10(11)19(21)22)17-9-5-12(20)18(6-9)7-13(14,15)16/h2-4,9,17H,5-7H2,1H3/t9-/m1/s1. The van der Waals surface area contributed by atoms with Gasteiger partial charge in [0.05, 0.1) is 18.1 Å². The van der Waals surface area contributed by atoms with E-state index in [0.717, 1.165) is 4.90 Å². The van der Waals surface area contributed by atoms with E-state index in [1.807, 2.05) is 0 Å². The zero-order chi connectivity index (χ0) is 17.2. The van der Waals surface area contributed by atoms with Gasteiger partial charge in [-0.15, -0.1) is 0 Å². The highest BCUT2D eigenvalue weighted by molar-refractivity contribution is 5.80. The minimum absolute atomic E-state index is 0.0245. The number of carbonyl (C=O) groups excluding carboxylic acids is 1. The lowest BCUT2D eigenvalue weighted by molar-refractivity contribution is -0.385. The number of alkyl halides is 3. The smallest absolute Gasteiger partial charge is 0.406 e. The third kappa shape index (κ3) is 4.24. The van der Waals surface area contributed by atoms with Crippen molar-refractivity contribution in [2.24, 2.45) is 0 Å². The van der Waals surface area contributed by atoms with Crippen LogP contribution in [0.5, 0.6) is 5.75 Å². The molecule has 1 aromatic rings. The Bertz CT molecular complexity index is 621. The van der Waals surface area contributed by atoms with Crippen LogP contribution < -0.4 is 10.1 Å². The van der Waals surface area contributed by atoms with Crippen molar-refractivity contribution >= 4 is 17.3 Å². The molecule has 1 atom stereocenters. The van der Waals surface area contributed by atoms with Gasteiger partial charge < -0.3 is 15.0 Å². The summed E-state index contributed by atoms with van der Waals surface area (Å²) in [7, 11) is 1.27. The first-order chi connectivity index (χ1) is 10.7. The summed E-state index contributed by atoms with van der Waals surface area (Å²) in [6.45, 7) is -1.37. The molecule has 0 aliphatic carbocycles. The lowest BCUT2D eigenvalue weighted by Crippen LogP contribution is -2.36. The van der Waals surface area contributed by atoms with Crippen LogP contribution in [0.15, 0.2) is 18.2 Å². The third-order valence-corrected chi connectivity index (χ3v) is 3.33. The second kappa shape index (κ2) is 6.31. The number of methoxy groups -OCH3 is 1. The molecule has 2 rings (SSSR count). The number of benzene rings is 1. The van der Waals surface area contributed by atoms with Crippen molar-refractivity contribution in [1.29, 1.82) is 0 Å². The van der Waals surface area contributed by atoms with Gasteiger partial charge in [0.2, 0.25) is 5.91 Å². The average Bonchev–Trinajstić information content (AvgIpc) is 2.76. The summed E-state index contributed by atoms with van der Waals surface area (Å²) in [5.74, 6) is -0.565. The number of amides is 1. The summed E-state index contributed by atoms with van der Waals surface area (Å²) in [5, 5.41) is 13.7. The van der Waals surface area contributed by atoms with E-state index in [4.69, 9.17) is 4.74 Å². The predicted molar refractivity (Wildman–Crippen MR) is 74.3 cm³/mol. The van der Waals surface area contributed by atoms with E-state index in [9.17, 15) is 28.1 Å². The number of hydrogen-bond acceptors (Lipinski definition) is 5. The highest BCUT2D eigenvalue weighted by Crippen LogP contribution is 2.31. The van der Waals surface area contributed by atoms with Crippen LogP contribution in [0, 0.1) is 10.1 Å². The number of rotatable bonds is 5. The van der Waals surface area contributed by atoms with Crippen molar-refractivity contribution in [2.45, 2.75) is 18.6 Å². The minimum atomic E-state index is -4.44. The van der Waals surface area contributed by atoms with Crippen molar-refractivity contribution in [1.82, 2.24) is 4.90 Å². The lowest BCUT2D eigenvalue weighted by Gasteiger charge is -2.19. The van der Waals surface area contributed by atoms with E-state index in [-0.39, 0.29) is 24.4 Å². The van der Waals surface area contributed by atoms with Gasteiger partial charge in [-0.2, -0.15) is 13.2 Å². The van der Waals surface area contributed by atoms with Crippen LogP contribution in [0.4, 0.5) is 24.5 Å². The number of nitro groups is 1. The molecular formula is C13H14F3N3O4. The number of ether oxygens (including phenoxy) is 1. The van der Waals surface area contributed by atoms with Gasteiger partial charge in [0.15, 0.2) is 5.75 Å². The van der Waals surface area contributed by atoms with Gasteiger partial charge in [0.1, 0.15) is 6.54 Å². The lowest BCUT2D eigenvalue weighted by atomic mass is 10.2. The molecule has 1 aromatic carbocycles. The molecule has 126 valence electrons. The van der Waals surface area contributed by atoms with Crippen LogP contribution in [-0.4, -0.2) is 48.1 Å². The Morgan fingerprint density at radius 3 is 2.74 bits per heavy atom. The molecule has 1 aliphatic rings. The first kappa shape index (κ1) is 16.8. The number of carbonyl (C=O) groups is 1. The highest BCUT2D eigenvalue weighted by atomic mass is 19.4. The molecule has 0 aromatic heterocycles. The Morgan fingerprint density at radius 1 is 1.48 bits per heavy atom. The maximum Gasteiger partial charge on any atom is 0.406 e. The number of nitrogens with zero attached hydrogens (tertiary/aromatic N) is 2. The number of anilines is 1. The minimum Gasteiger partial charge on any atom is -0.490 e. The SMILES string of the molecule is COc1cc(N[C@@H]2CC(=O)N(CC(F)(F)F)C2)ccc1[N+](=O)[O-]. The van der Waals surface area contributed by atoms with Gasteiger partial charge in [0.25, 0.3) is 0 Å². The Kier molecular flexibility index (Phi) is 4.62. The summed E-state index contributed by atoms with van der Waals surface area (Å²) in [6.07, 6.45) is -4.52. The molecule has 23 heavy (non-hydrogen) atoms. The van der Waals surface area contributed by atoms with Crippen LogP contribution in [0.25, 0.3) is 0 Å². The molecule has 0 bridgehead atoms. The molecule has 1 fully saturated rings. The number of hydrogen-bond donors (Lipinski definition) is 1. The van der Waals surface area contributed by atoms with Crippen LogP contribution in [-0.2, 0) is 4.79 Å². The maximum absolute atomic E-state index is 12.4. The summed E-state index contributed by atoms with van der Waals surface area (Å²) in [4.78, 5) is 22.5. The van der Waals surface area contributed by atoms with E-state index in [1.54, 1.807) is 0 Å². The van der Waals surface area contributed by atoms with E-state index >= 15 is 0 Å². The maximum atomic E-state index is 12.4. The Balaban J connectivity index is 2.06. The monoisotopic (exact) mass is 333 g/mol. The van der Waals surface area contributed by atoms with Crippen LogP contribution in [0.2, 0.25) is 0 Å². The van der Waals surface area contributed by atoms with E-state index < -0.39 is 29.6 Å². The largest absolute Gasteiger partial charge is 0.490 e. The summed E-state index contributed by atoms with van der Waals surface area (Å²) < 4.78 is 42.0. The third-order valence-electron chi connectivity index (χ3n) is 3.33. The molecule has 1 amide bonds. The van der Waals surface area contributed by atoms with Crippen molar-refractivity contribution in [3.8, 4) is 5.75 Å². The quantitative estimate of drug-likeness (QED) is 0.659. The molecule has 1 saturated heterocycles. The summed E-state index contributed by atoms with van der Waals surface area (Å²) in [6, 6.07) is 3.51. The first-order valence-electron chi connectivity index (χ1n) is 6.63. The molecule has 7 nitrogen and oxygen atoms in total. The number of likely N-dealkylation sites (tertiary alicyclic amines) is 1. The number of nitrogens with one attached hydrogen (secondary N) is 1. The fraction of sp³-hybridized carbons (Fsp3) is 0.462. The average molecular weight is 333 g/mol. The Morgan fingerprint density at radius 2 is 2.17 bits per heavy atom. The number of halogens is 3. The first-order valence-corrected chi connectivity index (χ1v) is 6.63. The fourth-order valence-electron chi connectivity index (χ4n) is 2.39. The van der Waals surface area contributed by atoms with Crippen molar-refractivity contribution in [3.63, 3.8) is 0 Å². The zero-order valence-electron chi connectivity index (χ0n) is 12.1. The van der Waals surface area contributed by atoms with Crippen molar-refractivity contribution < 1.29 is 27.6 Å². The van der Waals surface area contributed by atoms with E-state index in [0.29, 0.717) is 5.69 Å². The molecule has 0 spiro atoms. The molecule has 0 radical (unpaired) electrons. The molecule has 0 unspecified atom stereocenters. The molecule has 1 aliphatic heterocycles. The topological polar surface area (TPSA) is 84.7 Å². The second-order valence-corrected chi connectivity index (χ2v) is 5.08. The number of nitro benzene ring substituents is 1. The highest BCUT2D eigenvalue weighted by Gasteiger charge is 2.38.